The van der Waals surface area contributed by atoms with Crippen molar-refractivity contribution in [3.63, 3.8) is 0 Å². The molecule has 4 nitrogen and oxygen atoms in total. The van der Waals surface area contributed by atoms with Crippen molar-refractivity contribution in [2.45, 2.75) is 53.4 Å². The van der Waals surface area contributed by atoms with Crippen molar-refractivity contribution in [2.24, 2.45) is 5.92 Å². The quantitative estimate of drug-likeness (QED) is 0.840. The van der Waals surface area contributed by atoms with Gasteiger partial charge < -0.3 is 9.80 Å². The first kappa shape index (κ1) is 19.5. The van der Waals surface area contributed by atoms with Crippen molar-refractivity contribution in [1.82, 2.24) is 9.80 Å². The molecule has 0 unspecified atom stereocenters. The first-order valence-electron chi connectivity index (χ1n) is 9.45. The zero-order valence-corrected chi connectivity index (χ0v) is 16.3. The summed E-state index contributed by atoms with van der Waals surface area (Å²) in [4.78, 5) is 28.8. The first-order chi connectivity index (χ1) is 11.8. The summed E-state index contributed by atoms with van der Waals surface area (Å²) in [6, 6.07) is 6.43. The second-order valence-corrected chi connectivity index (χ2v) is 7.73. The van der Waals surface area contributed by atoms with Crippen LogP contribution in [0.5, 0.6) is 0 Å². The van der Waals surface area contributed by atoms with Crippen LogP contribution in [0.2, 0.25) is 0 Å². The first-order valence-corrected chi connectivity index (χ1v) is 9.45. The van der Waals surface area contributed by atoms with Crippen molar-refractivity contribution in [3.8, 4) is 0 Å². The van der Waals surface area contributed by atoms with Gasteiger partial charge in [0.05, 0.1) is 6.42 Å². The number of nitrogens with zero attached hydrogens (tertiary/aromatic N) is 2. The molecule has 2 rings (SSSR count). The Morgan fingerprint density at radius 1 is 1.00 bits per heavy atom. The van der Waals surface area contributed by atoms with Gasteiger partial charge in [0.2, 0.25) is 11.8 Å². The summed E-state index contributed by atoms with van der Waals surface area (Å²) in [6.45, 7) is 13.1. The second-order valence-electron chi connectivity index (χ2n) is 7.73. The predicted octanol–water partition coefficient (Wildman–Crippen LogP) is 3.38. The lowest BCUT2D eigenvalue weighted by molar-refractivity contribution is -0.135. The number of carbonyl (C=O) groups excluding carboxylic acids is 2. The largest absolute Gasteiger partial charge is 0.341 e. The van der Waals surface area contributed by atoms with Gasteiger partial charge in [-0.2, -0.15) is 0 Å². The lowest BCUT2D eigenvalue weighted by Crippen LogP contribution is -2.39. The molecule has 2 amide bonds. The third-order valence-electron chi connectivity index (χ3n) is 5.04. The monoisotopic (exact) mass is 344 g/mol. The smallest absolute Gasteiger partial charge is 0.227 e. The third kappa shape index (κ3) is 5.07. The van der Waals surface area contributed by atoms with Crippen LogP contribution in [0.4, 0.5) is 0 Å². The summed E-state index contributed by atoms with van der Waals surface area (Å²) < 4.78 is 0. The molecular formula is C21H32N2O2. The van der Waals surface area contributed by atoms with Crippen molar-refractivity contribution in [2.75, 3.05) is 26.2 Å². The Kier molecular flexibility index (Phi) is 6.63. The van der Waals surface area contributed by atoms with Crippen molar-refractivity contribution < 1.29 is 9.59 Å². The molecule has 138 valence electrons. The number of amides is 2. The number of hydrogen-bond acceptors (Lipinski definition) is 2. The lowest BCUT2D eigenvalue weighted by atomic mass is 9.96. The van der Waals surface area contributed by atoms with Gasteiger partial charge in [0.15, 0.2) is 0 Å². The maximum absolute atomic E-state index is 12.8. The van der Waals surface area contributed by atoms with Crippen LogP contribution in [0.3, 0.4) is 0 Å². The Hall–Kier alpha value is -1.84. The summed E-state index contributed by atoms with van der Waals surface area (Å²) in [6.07, 6.45) is 1.31. The molecule has 0 N–H and O–H groups in total. The minimum atomic E-state index is 0.0173. The summed E-state index contributed by atoms with van der Waals surface area (Å²) >= 11 is 0. The maximum atomic E-state index is 12.8. The molecule has 0 aliphatic carbocycles. The number of hydrogen-bond donors (Lipinski definition) is 0. The molecule has 25 heavy (non-hydrogen) atoms. The van der Waals surface area contributed by atoms with Gasteiger partial charge in [-0.3, -0.25) is 9.59 Å². The molecule has 1 aromatic rings. The van der Waals surface area contributed by atoms with Crippen LogP contribution in [0, 0.1) is 12.8 Å². The molecule has 1 aliphatic rings. The number of aryl methyl sites for hydroxylation is 1. The van der Waals surface area contributed by atoms with E-state index in [1.54, 1.807) is 0 Å². The number of benzene rings is 1. The molecule has 0 radical (unpaired) electrons. The average molecular weight is 344 g/mol. The highest BCUT2D eigenvalue weighted by molar-refractivity contribution is 5.80. The van der Waals surface area contributed by atoms with Gasteiger partial charge in [-0.05, 0) is 36.0 Å². The van der Waals surface area contributed by atoms with E-state index in [2.05, 4.69) is 39.0 Å². The van der Waals surface area contributed by atoms with E-state index < -0.39 is 0 Å². The SMILES string of the molecule is Cc1ccc(C(C)C)cc1CC(=O)N1CCCN(C(=O)C(C)C)CC1. The molecule has 4 heteroatoms. The van der Waals surface area contributed by atoms with Crippen LogP contribution in [0.15, 0.2) is 18.2 Å². The van der Waals surface area contributed by atoms with Gasteiger partial charge in [0.25, 0.3) is 0 Å². The Balaban J connectivity index is 2.02. The molecular weight excluding hydrogens is 312 g/mol. The molecule has 1 aliphatic heterocycles. The molecule has 1 saturated heterocycles. The second kappa shape index (κ2) is 8.50. The van der Waals surface area contributed by atoms with E-state index in [4.69, 9.17) is 0 Å². The minimum Gasteiger partial charge on any atom is -0.341 e. The molecule has 0 aromatic heterocycles. The lowest BCUT2D eigenvalue weighted by Gasteiger charge is -2.24. The van der Waals surface area contributed by atoms with E-state index >= 15 is 0 Å². The Bertz CT molecular complexity index is 622. The summed E-state index contributed by atoms with van der Waals surface area (Å²) in [5.74, 6) is 0.838. The highest BCUT2D eigenvalue weighted by Crippen LogP contribution is 2.20. The van der Waals surface area contributed by atoms with Crippen molar-refractivity contribution in [1.29, 1.82) is 0 Å². The van der Waals surface area contributed by atoms with Crippen molar-refractivity contribution in [3.05, 3.63) is 34.9 Å². The van der Waals surface area contributed by atoms with Crippen LogP contribution in [0.25, 0.3) is 0 Å². The maximum Gasteiger partial charge on any atom is 0.227 e. The Labute approximate surface area is 152 Å². The molecule has 0 bridgehead atoms. The van der Waals surface area contributed by atoms with Crippen LogP contribution >= 0.6 is 0 Å². The van der Waals surface area contributed by atoms with E-state index in [1.165, 1.54) is 11.1 Å². The number of rotatable bonds is 4. The minimum absolute atomic E-state index is 0.0173. The molecule has 1 heterocycles. The van der Waals surface area contributed by atoms with E-state index in [0.717, 1.165) is 25.1 Å². The molecule has 0 spiro atoms. The van der Waals surface area contributed by atoms with Gasteiger partial charge in [-0.1, -0.05) is 45.9 Å². The van der Waals surface area contributed by atoms with Gasteiger partial charge in [0, 0.05) is 32.1 Å². The fourth-order valence-corrected chi connectivity index (χ4v) is 3.27. The third-order valence-corrected chi connectivity index (χ3v) is 5.04. The Morgan fingerprint density at radius 3 is 2.28 bits per heavy atom. The fourth-order valence-electron chi connectivity index (χ4n) is 3.27. The normalized spacial score (nSPS) is 15.6. The van der Waals surface area contributed by atoms with Gasteiger partial charge in [-0.15, -0.1) is 0 Å². The molecule has 1 aromatic carbocycles. The van der Waals surface area contributed by atoms with Crippen molar-refractivity contribution >= 4 is 11.8 Å². The summed E-state index contributed by atoms with van der Waals surface area (Å²) in [5.41, 5.74) is 3.57. The van der Waals surface area contributed by atoms with Crippen LogP contribution in [-0.4, -0.2) is 47.8 Å². The summed E-state index contributed by atoms with van der Waals surface area (Å²) in [5, 5.41) is 0. The van der Waals surface area contributed by atoms with E-state index in [1.807, 2.05) is 23.6 Å². The molecule has 0 atom stereocenters. The van der Waals surface area contributed by atoms with E-state index in [0.29, 0.717) is 25.4 Å². The zero-order chi connectivity index (χ0) is 18.6. The number of carbonyl (C=O) groups is 2. The highest BCUT2D eigenvalue weighted by Gasteiger charge is 2.23. The average Bonchev–Trinajstić information content (AvgIpc) is 2.81. The molecule has 1 fully saturated rings. The van der Waals surface area contributed by atoms with E-state index in [9.17, 15) is 9.59 Å². The van der Waals surface area contributed by atoms with Gasteiger partial charge in [0.1, 0.15) is 0 Å². The summed E-state index contributed by atoms with van der Waals surface area (Å²) in [7, 11) is 0. The standard InChI is InChI=1S/C21H32N2O2/c1-15(2)18-8-7-17(5)19(13-18)14-20(24)22-9-6-10-23(12-11-22)21(25)16(3)4/h7-8,13,15-16H,6,9-12,14H2,1-5H3. The highest BCUT2D eigenvalue weighted by atomic mass is 16.2. The van der Waals surface area contributed by atoms with Crippen LogP contribution < -0.4 is 0 Å². The topological polar surface area (TPSA) is 40.6 Å². The Morgan fingerprint density at radius 2 is 1.64 bits per heavy atom. The van der Waals surface area contributed by atoms with Gasteiger partial charge >= 0.3 is 0 Å². The van der Waals surface area contributed by atoms with Gasteiger partial charge in [-0.25, -0.2) is 0 Å². The van der Waals surface area contributed by atoms with Crippen LogP contribution in [0.1, 0.15) is 56.7 Å². The van der Waals surface area contributed by atoms with E-state index in [-0.39, 0.29) is 17.7 Å². The zero-order valence-electron chi connectivity index (χ0n) is 16.3. The molecule has 0 saturated carbocycles. The predicted molar refractivity (Wildman–Crippen MR) is 102 cm³/mol. The fraction of sp³-hybridized carbons (Fsp3) is 0.619. The van der Waals surface area contributed by atoms with Crippen LogP contribution in [-0.2, 0) is 16.0 Å².